The number of hydrogen-bond donors (Lipinski definition) is 0. The molecule has 1 aliphatic heterocycles. The zero-order valence-corrected chi connectivity index (χ0v) is 8.69. The second kappa shape index (κ2) is 4.51. The Morgan fingerprint density at radius 2 is 2.21 bits per heavy atom. The average Bonchev–Trinajstić information content (AvgIpc) is 2.19. The summed E-state index contributed by atoms with van der Waals surface area (Å²) in [6, 6.07) is 0. The molecule has 0 aliphatic carbocycles. The van der Waals surface area contributed by atoms with Crippen LogP contribution in [0.5, 0.6) is 0 Å². The number of piperidine rings is 1. The molecule has 1 saturated heterocycles. The highest BCUT2D eigenvalue weighted by atomic mass is 15.1. The van der Waals surface area contributed by atoms with E-state index in [9.17, 15) is 0 Å². The molecule has 0 saturated carbocycles. The molecule has 1 aromatic rings. The Bertz CT molecular complexity index is 273. The Labute approximate surface area is 85.2 Å². The maximum Gasteiger partial charge on any atom is 0.115 e. The Balaban J connectivity index is 1.91. The molecule has 1 aromatic heterocycles. The molecule has 0 radical (unpaired) electrons. The highest BCUT2D eigenvalue weighted by Crippen LogP contribution is 2.18. The van der Waals surface area contributed by atoms with Crippen molar-refractivity contribution in [3.63, 3.8) is 0 Å². The van der Waals surface area contributed by atoms with E-state index in [4.69, 9.17) is 0 Å². The smallest absolute Gasteiger partial charge is 0.115 e. The molecule has 0 spiro atoms. The van der Waals surface area contributed by atoms with Crippen molar-refractivity contribution in [3.8, 4) is 0 Å². The van der Waals surface area contributed by atoms with Crippen LogP contribution in [0.4, 0.5) is 0 Å². The van der Waals surface area contributed by atoms with E-state index in [0.717, 1.165) is 12.3 Å². The molecule has 3 heteroatoms. The molecule has 0 aromatic carbocycles. The van der Waals surface area contributed by atoms with Crippen molar-refractivity contribution in [2.75, 3.05) is 20.1 Å². The van der Waals surface area contributed by atoms with Crippen LogP contribution >= 0.6 is 0 Å². The first-order valence-corrected chi connectivity index (χ1v) is 5.27. The van der Waals surface area contributed by atoms with Gasteiger partial charge in [0.05, 0.1) is 0 Å². The Hall–Kier alpha value is -0.960. The number of aromatic nitrogens is 2. The van der Waals surface area contributed by atoms with Crippen LogP contribution in [0, 0.1) is 5.92 Å². The van der Waals surface area contributed by atoms with Crippen LogP contribution in [0.3, 0.4) is 0 Å². The summed E-state index contributed by atoms with van der Waals surface area (Å²) in [6.07, 6.45) is 9.26. The van der Waals surface area contributed by atoms with Gasteiger partial charge in [-0.25, -0.2) is 9.97 Å². The van der Waals surface area contributed by atoms with E-state index in [1.165, 1.54) is 31.5 Å². The molecular weight excluding hydrogens is 174 g/mol. The molecule has 0 amide bonds. The fourth-order valence-electron chi connectivity index (χ4n) is 2.21. The number of rotatable bonds is 2. The predicted octanol–water partition coefficient (Wildman–Crippen LogP) is 1.36. The Kier molecular flexibility index (Phi) is 3.09. The van der Waals surface area contributed by atoms with Crippen molar-refractivity contribution in [1.29, 1.82) is 0 Å². The quantitative estimate of drug-likeness (QED) is 0.707. The first-order chi connectivity index (χ1) is 6.84. The summed E-state index contributed by atoms with van der Waals surface area (Å²) in [5.74, 6) is 0.791. The molecule has 14 heavy (non-hydrogen) atoms. The maximum atomic E-state index is 4.04. The second-order valence-corrected chi connectivity index (χ2v) is 4.22. The topological polar surface area (TPSA) is 29.0 Å². The lowest BCUT2D eigenvalue weighted by atomic mass is 9.93. The van der Waals surface area contributed by atoms with Gasteiger partial charge >= 0.3 is 0 Å². The average molecular weight is 191 g/mol. The van der Waals surface area contributed by atoms with Gasteiger partial charge in [-0.15, -0.1) is 0 Å². The van der Waals surface area contributed by atoms with E-state index in [0.29, 0.717) is 0 Å². The molecule has 1 atom stereocenters. The first-order valence-electron chi connectivity index (χ1n) is 5.27. The van der Waals surface area contributed by atoms with Crippen LogP contribution in [0.2, 0.25) is 0 Å². The first kappa shape index (κ1) is 9.59. The summed E-state index contributed by atoms with van der Waals surface area (Å²) in [5.41, 5.74) is 1.27. The summed E-state index contributed by atoms with van der Waals surface area (Å²) in [7, 11) is 2.20. The monoisotopic (exact) mass is 191 g/mol. The molecule has 3 nitrogen and oxygen atoms in total. The standard InChI is InChI=1S/C11H17N3/c1-14-4-2-3-10(8-14)5-11-6-12-9-13-7-11/h6-7,9-10H,2-5,8H2,1H3. The van der Waals surface area contributed by atoms with E-state index < -0.39 is 0 Å². The highest BCUT2D eigenvalue weighted by molar-refractivity contribution is 5.03. The summed E-state index contributed by atoms with van der Waals surface area (Å²) >= 11 is 0. The van der Waals surface area contributed by atoms with Crippen molar-refractivity contribution >= 4 is 0 Å². The number of nitrogens with zero attached hydrogens (tertiary/aromatic N) is 3. The summed E-state index contributed by atoms with van der Waals surface area (Å²) in [6.45, 7) is 2.47. The molecule has 1 fully saturated rings. The third-order valence-corrected chi connectivity index (χ3v) is 2.86. The van der Waals surface area contributed by atoms with Crippen molar-refractivity contribution in [1.82, 2.24) is 14.9 Å². The Morgan fingerprint density at radius 1 is 1.43 bits per heavy atom. The van der Waals surface area contributed by atoms with Crippen LogP contribution in [0.25, 0.3) is 0 Å². The highest BCUT2D eigenvalue weighted by Gasteiger charge is 2.17. The number of likely N-dealkylation sites (tertiary alicyclic amines) is 1. The minimum atomic E-state index is 0.791. The van der Waals surface area contributed by atoms with Crippen LogP contribution < -0.4 is 0 Å². The van der Waals surface area contributed by atoms with Gasteiger partial charge in [0.25, 0.3) is 0 Å². The van der Waals surface area contributed by atoms with Crippen molar-refractivity contribution in [3.05, 3.63) is 24.3 Å². The zero-order chi connectivity index (χ0) is 9.80. The van der Waals surface area contributed by atoms with E-state index in [1.807, 2.05) is 12.4 Å². The second-order valence-electron chi connectivity index (χ2n) is 4.22. The summed E-state index contributed by atoms with van der Waals surface area (Å²) < 4.78 is 0. The fraction of sp³-hybridized carbons (Fsp3) is 0.636. The molecule has 0 bridgehead atoms. The third-order valence-electron chi connectivity index (χ3n) is 2.86. The molecule has 1 aliphatic rings. The van der Waals surface area contributed by atoms with Crippen molar-refractivity contribution < 1.29 is 0 Å². The van der Waals surface area contributed by atoms with Gasteiger partial charge in [-0.3, -0.25) is 0 Å². The summed E-state index contributed by atoms with van der Waals surface area (Å²) in [4.78, 5) is 10.5. The van der Waals surface area contributed by atoms with Crippen molar-refractivity contribution in [2.45, 2.75) is 19.3 Å². The van der Waals surface area contributed by atoms with Gasteiger partial charge < -0.3 is 4.90 Å². The zero-order valence-electron chi connectivity index (χ0n) is 8.69. The van der Waals surface area contributed by atoms with E-state index in [2.05, 4.69) is 21.9 Å². The largest absolute Gasteiger partial charge is 0.306 e. The SMILES string of the molecule is CN1CCCC(Cc2cncnc2)C1. The lowest BCUT2D eigenvalue weighted by Crippen LogP contribution is -2.33. The van der Waals surface area contributed by atoms with Gasteiger partial charge in [-0.2, -0.15) is 0 Å². The predicted molar refractivity (Wildman–Crippen MR) is 56.0 cm³/mol. The molecular formula is C11H17N3. The van der Waals surface area contributed by atoms with Crippen LogP contribution in [-0.4, -0.2) is 35.0 Å². The van der Waals surface area contributed by atoms with Crippen LogP contribution in [0.15, 0.2) is 18.7 Å². The number of hydrogen-bond acceptors (Lipinski definition) is 3. The van der Waals surface area contributed by atoms with Crippen molar-refractivity contribution in [2.24, 2.45) is 5.92 Å². The molecule has 1 unspecified atom stereocenters. The van der Waals surface area contributed by atoms with E-state index in [1.54, 1.807) is 6.33 Å². The van der Waals surface area contributed by atoms with E-state index in [-0.39, 0.29) is 0 Å². The van der Waals surface area contributed by atoms with Gasteiger partial charge in [-0.05, 0) is 44.3 Å². The molecule has 2 heterocycles. The summed E-state index contributed by atoms with van der Waals surface area (Å²) in [5, 5.41) is 0. The van der Waals surface area contributed by atoms with Gasteiger partial charge in [-0.1, -0.05) is 0 Å². The van der Waals surface area contributed by atoms with Crippen LogP contribution in [-0.2, 0) is 6.42 Å². The third kappa shape index (κ3) is 2.51. The molecule has 76 valence electrons. The van der Waals surface area contributed by atoms with Gasteiger partial charge in [0.2, 0.25) is 0 Å². The normalized spacial score (nSPS) is 23.6. The lowest BCUT2D eigenvalue weighted by Gasteiger charge is -2.29. The lowest BCUT2D eigenvalue weighted by molar-refractivity contribution is 0.209. The molecule has 2 rings (SSSR count). The van der Waals surface area contributed by atoms with Gasteiger partial charge in [0.1, 0.15) is 6.33 Å². The van der Waals surface area contributed by atoms with Gasteiger partial charge in [0.15, 0.2) is 0 Å². The van der Waals surface area contributed by atoms with Crippen LogP contribution in [0.1, 0.15) is 18.4 Å². The Morgan fingerprint density at radius 3 is 2.93 bits per heavy atom. The molecule has 0 N–H and O–H groups in total. The fourth-order valence-corrected chi connectivity index (χ4v) is 2.21. The minimum absolute atomic E-state index is 0.791. The van der Waals surface area contributed by atoms with Gasteiger partial charge in [0, 0.05) is 18.9 Å². The maximum absolute atomic E-state index is 4.04. The van der Waals surface area contributed by atoms with E-state index >= 15 is 0 Å². The minimum Gasteiger partial charge on any atom is -0.306 e.